The molecule has 0 aliphatic carbocycles. The lowest BCUT2D eigenvalue weighted by atomic mass is 10.1. The summed E-state index contributed by atoms with van der Waals surface area (Å²) < 4.78 is 0. The molecule has 0 saturated carbocycles. The van der Waals surface area contributed by atoms with Crippen molar-refractivity contribution in [1.29, 1.82) is 0 Å². The maximum Gasteiger partial charge on any atom is 0.265 e. The zero-order valence-corrected chi connectivity index (χ0v) is 17.2. The summed E-state index contributed by atoms with van der Waals surface area (Å²) in [6.07, 6.45) is 0. The van der Waals surface area contributed by atoms with E-state index in [-0.39, 0.29) is 5.91 Å². The van der Waals surface area contributed by atoms with Crippen molar-refractivity contribution in [2.75, 3.05) is 26.2 Å². The molecule has 144 valence electrons. The Kier molecular flexibility index (Phi) is 5.55. The van der Waals surface area contributed by atoms with Gasteiger partial charge >= 0.3 is 0 Å². The lowest BCUT2D eigenvalue weighted by Crippen LogP contribution is -2.48. The molecule has 0 radical (unpaired) electrons. The van der Waals surface area contributed by atoms with E-state index in [2.05, 4.69) is 41.1 Å². The number of benzene rings is 2. The largest absolute Gasteiger partial charge is 0.335 e. The van der Waals surface area contributed by atoms with Crippen molar-refractivity contribution >= 4 is 17.2 Å². The molecule has 0 spiro atoms. The number of carbonyl (C=O) groups is 1. The van der Waals surface area contributed by atoms with Gasteiger partial charge in [0, 0.05) is 38.3 Å². The van der Waals surface area contributed by atoms with E-state index >= 15 is 0 Å². The molecule has 1 aliphatic rings. The Balaban J connectivity index is 1.40. The average Bonchev–Trinajstić information content (AvgIpc) is 3.10. The van der Waals surface area contributed by atoms with Crippen molar-refractivity contribution in [3.05, 3.63) is 76.3 Å². The number of rotatable bonds is 4. The van der Waals surface area contributed by atoms with Gasteiger partial charge in [0.15, 0.2) is 0 Å². The normalized spacial score (nSPS) is 15.0. The van der Waals surface area contributed by atoms with Crippen LogP contribution in [0.3, 0.4) is 0 Å². The highest BCUT2D eigenvalue weighted by atomic mass is 32.1. The molecule has 1 amide bonds. The molecule has 2 aromatic carbocycles. The molecule has 0 bridgehead atoms. The fourth-order valence-electron chi connectivity index (χ4n) is 3.62. The van der Waals surface area contributed by atoms with E-state index in [0.717, 1.165) is 53.9 Å². The van der Waals surface area contributed by atoms with Crippen molar-refractivity contribution < 1.29 is 4.79 Å². The molecular formula is C23H25N3OS. The van der Waals surface area contributed by atoms with Gasteiger partial charge in [-0.2, -0.15) is 0 Å². The highest BCUT2D eigenvalue weighted by Gasteiger charge is 2.25. The molecule has 0 atom stereocenters. The third-order valence-corrected chi connectivity index (χ3v) is 6.35. The average molecular weight is 392 g/mol. The SMILES string of the molecule is Cc1cccc(CN2CCN(C(=O)c3sc(-c4ccccc4)nc3C)CC2)c1. The maximum absolute atomic E-state index is 13.1. The van der Waals surface area contributed by atoms with Crippen molar-refractivity contribution in [2.24, 2.45) is 0 Å². The summed E-state index contributed by atoms with van der Waals surface area (Å²) in [7, 11) is 0. The van der Waals surface area contributed by atoms with Gasteiger partial charge in [0.05, 0.1) is 5.69 Å². The van der Waals surface area contributed by atoms with Gasteiger partial charge in [-0.1, -0.05) is 60.2 Å². The van der Waals surface area contributed by atoms with Crippen LogP contribution < -0.4 is 0 Å². The summed E-state index contributed by atoms with van der Waals surface area (Å²) in [6.45, 7) is 8.35. The van der Waals surface area contributed by atoms with Gasteiger partial charge in [0.1, 0.15) is 9.88 Å². The number of nitrogens with zero attached hydrogens (tertiary/aromatic N) is 3. The molecule has 3 aromatic rings. The van der Waals surface area contributed by atoms with Gasteiger partial charge in [-0.25, -0.2) is 4.98 Å². The van der Waals surface area contributed by atoms with Crippen LogP contribution in [0.15, 0.2) is 54.6 Å². The fourth-order valence-corrected chi connectivity index (χ4v) is 4.66. The summed E-state index contributed by atoms with van der Waals surface area (Å²) >= 11 is 1.50. The second-order valence-electron chi connectivity index (χ2n) is 7.36. The van der Waals surface area contributed by atoms with E-state index in [0.29, 0.717) is 0 Å². The predicted octanol–water partition coefficient (Wildman–Crippen LogP) is 4.38. The van der Waals surface area contributed by atoms with Crippen molar-refractivity contribution in [1.82, 2.24) is 14.8 Å². The number of piperazine rings is 1. The Bertz CT molecular complexity index is 959. The molecule has 5 heteroatoms. The lowest BCUT2D eigenvalue weighted by molar-refractivity contribution is 0.0632. The van der Waals surface area contributed by atoms with Gasteiger partial charge < -0.3 is 4.90 Å². The van der Waals surface area contributed by atoms with E-state index < -0.39 is 0 Å². The standard InChI is InChI=1S/C23H25N3OS/c1-17-7-6-8-19(15-17)16-25-11-13-26(14-12-25)23(27)21-18(2)24-22(28-21)20-9-4-3-5-10-20/h3-10,15H,11-14,16H2,1-2H3. The number of carbonyl (C=O) groups excluding carboxylic acids is 1. The first-order valence-corrected chi connectivity index (χ1v) is 10.5. The number of hydrogen-bond donors (Lipinski definition) is 0. The highest BCUT2D eigenvalue weighted by Crippen LogP contribution is 2.29. The Morgan fingerprint density at radius 1 is 1.00 bits per heavy atom. The zero-order valence-electron chi connectivity index (χ0n) is 16.4. The molecule has 4 nitrogen and oxygen atoms in total. The van der Waals surface area contributed by atoms with Gasteiger partial charge in [-0.3, -0.25) is 9.69 Å². The minimum atomic E-state index is 0.118. The first kappa shape index (κ1) is 18.8. The van der Waals surface area contributed by atoms with Crippen molar-refractivity contribution in [2.45, 2.75) is 20.4 Å². The van der Waals surface area contributed by atoms with Crippen LogP contribution in [0, 0.1) is 13.8 Å². The second kappa shape index (κ2) is 8.25. The molecule has 2 heterocycles. The maximum atomic E-state index is 13.1. The molecule has 4 rings (SSSR count). The minimum absolute atomic E-state index is 0.118. The predicted molar refractivity (Wildman–Crippen MR) is 115 cm³/mol. The quantitative estimate of drug-likeness (QED) is 0.662. The second-order valence-corrected chi connectivity index (χ2v) is 8.36. The van der Waals surface area contributed by atoms with Crippen molar-refractivity contribution in [3.63, 3.8) is 0 Å². The highest BCUT2D eigenvalue weighted by molar-refractivity contribution is 7.17. The van der Waals surface area contributed by atoms with Crippen LogP contribution in [0.4, 0.5) is 0 Å². The summed E-state index contributed by atoms with van der Waals surface area (Å²) in [5.41, 5.74) is 4.53. The number of thiazole rings is 1. The monoisotopic (exact) mass is 391 g/mol. The summed E-state index contributed by atoms with van der Waals surface area (Å²) in [5, 5.41) is 0.916. The third kappa shape index (κ3) is 4.16. The number of hydrogen-bond acceptors (Lipinski definition) is 4. The van der Waals surface area contributed by atoms with E-state index in [4.69, 9.17) is 0 Å². The van der Waals surface area contributed by atoms with Crippen LogP contribution in [-0.2, 0) is 6.54 Å². The number of aryl methyl sites for hydroxylation is 2. The van der Waals surface area contributed by atoms with E-state index in [1.54, 1.807) is 0 Å². The Labute approximate surface area is 170 Å². The van der Waals surface area contributed by atoms with Crippen LogP contribution in [0.5, 0.6) is 0 Å². The van der Waals surface area contributed by atoms with Crippen LogP contribution in [0.1, 0.15) is 26.5 Å². The van der Waals surface area contributed by atoms with Gasteiger partial charge in [0.25, 0.3) is 5.91 Å². The molecule has 1 saturated heterocycles. The smallest absolute Gasteiger partial charge is 0.265 e. The van der Waals surface area contributed by atoms with Crippen LogP contribution in [0.2, 0.25) is 0 Å². The Hall–Kier alpha value is -2.50. The number of amides is 1. The van der Waals surface area contributed by atoms with Crippen molar-refractivity contribution in [3.8, 4) is 10.6 Å². The van der Waals surface area contributed by atoms with Crippen LogP contribution in [0.25, 0.3) is 10.6 Å². The molecule has 1 fully saturated rings. The van der Waals surface area contributed by atoms with Crippen LogP contribution >= 0.6 is 11.3 Å². The van der Waals surface area contributed by atoms with Gasteiger partial charge in [-0.05, 0) is 19.4 Å². The van der Waals surface area contributed by atoms with Crippen LogP contribution in [-0.4, -0.2) is 46.9 Å². The minimum Gasteiger partial charge on any atom is -0.335 e. The van der Waals surface area contributed by atoms with Gasteiger partial charge in [0.2, 0.25) is 0 Å². The molecular weight excluding hydrogens is 366 g/mol. The Morgan fingerprint density at radius 3 is 2.46 bits per heavy atom. The first-order chi connectivity index (χ1) is 13.6. The van der Waals surface area contributed by atoms with E-state index in [9.17, 15) is 4.79 Å². The Morgan fingerprint density at radius 2 is 1.75 bits per heavy atom. The zero-order chi connectivity index (χ0) is 19.5. The summed E-state index contributed by atoms with van der Waals surface area (Å²) in [4.78, 5) is 22.9. The summed E-state index contributed by atoms with van der Waals surface area (Å²) in [6, 6.07) is 18.7. The lowest BCUT2D eigenvalue weighted by Gasteiger charge is -2.34. The molecule has 0 N–H and O–H groups in total. The number of aromatic nitrogens is 1. The van der Waals surface area contributed by atoms with Gasteiger partial charge in [-0.15, -0.1) is 11.3 Å². The topological polar surface area (TPSA) is 36.4 Å². The molecule has 0 unspecified atom stereocenters. The molecule has 28 heavy (non-hydrogen) atoms. The fraction of sp³-hybridized carbons (Fsp3) is 0.304. The third-order valence-electron chi connectivity index (χ3n) is 5.16. The van der Waals surface area contributed by atoms with E-state index in [1.165, 1.54) is 22.5 Å². The molecule has 1 aromatic heterocycles. The first-order valence-electron chi connectivity index (χ1n) is 9.70. The van der Waals surface area contributed by atoms with E-state index in [1.807, 2.05) is 42.2 Å². The summed E-state index contributed by atoms with van der Waals surface area (Å²) in [5.74, 6) is 0.118. The molecule has 1 aliphatic heterocycles.